The van der Waals surface area contributed by atoms with Crippen molar-refractivity contribution in [1.82, 2.24) is 10.2 Å². The van der Waals surface area contributed by atoms with E-state index < -0.39 is 0 Å². The van der Waals surface area contributed by atoms with Gasteiger partial charge in [-0.15, -0.1) is 10.2 Å². The van der Waals surface area contributed by atoms with Gasteiger partial charge in [0.1, 0.15) is 5.01 Å². The van der Waals surface area contributed by atoms with Gasteiger partial charge in [0.25, 0.3) is 0 Å². The van der Waals surface area contributed by atoms with Gasteiger partial charge in [0.05, 0.1) is 18.6 Å². The monoisotopic (exact) mass is 171 g/mol. The van der Waals surface area contributed by atoms with E-state index in [0.717, 1.165) is 18.2 Å². The van der Waals surface area contributed by atoms with Crippen LogP contribution in [0.25, 0.3) is 0 Å². The van der Waals surface area contributed by atoms with Gasteiger partial charge >= 0.3 is 0 Å². The number of ether oxygens (including phenoxy) is 1. The molecule has 11 heavy (non-hydrogen) atoms. The predicted octanol–water partition coefficient (Wildman–Crippen LogP) is 0.408. The molecule has 0 spiro atoms. The van der Waals surface area contributed by atoms with E-state index in [4.69, 9.17) is 10.5 Å². The molecule has 1 fully saturated rings. The van der Waals surface area contributed by atoms with Crippen LogP contribution >= 0.6 is 11.3 Å². The second-order valence-corrected chi connectivity index (χ2v) is 4.01. The molecule has 0 unspecified atom stereocenters. The lowest BCUT2D eigenvalue weighted by Gasteiger charge is -2.35. The van der Waals surface area contributed by atoms with E-state index in [1.165, 1.54) is 11.3 Å². The molecule has 2 N–H and O–H groups in total. The minimum atomic E-state index is 0.0787. The van der Waals surface area contributed by atoms with Gasteiger partial charge in [-0.1, -0.05) is 11.3 Å². The van der Waals surface area contributed by atoms with Crippen molar-refractivity contribution in [3.63, 3.8) is 0 Å². The Morgan fingerprint density at radius 1 is 1.55 bits per heavy atom. The fourth-order valence-corrected chi connectivity index (χ4v) is 1.74. The lowest BCUT2D eigenvalue weighted by atomic mass is 9.90. The van der Waals surface area contributed by atoms with Gasteiger partial charge < -0.3 is 10.5 Å². The van der Waals surface area contributed by atoms with Crippen molar-refractivity contribution in [2.75, 3.05) is 18.9 Å². The number of hydrogen-bond donors (Lipinski definition) is 1. The summed E-state index contributed by atoms with van der Waals surface area (Å²) in [6.45, 7) is 3.58. The van der Waals surface area contributed by atoms with Gasteiger partial charge in [0.2, 0.25) is 5.13 Å². The number of nitrogens with two attached hydrogens (primary N) is 1. The van der Waals surface area contributed by atoms with Crippen LogP contribution in [0.5, 0.6) is 0 Å². The third kappa shape index (κ3) is 1.00. The Hall–Kier alpha value is -0.680. The second-order valence-electron chi connectivity index (χ2n) is 3.00. The molecule has 60 valence electrons. The minimum Gasteiger partial charge on any atom is -0.379 e. The molecule has 2 heterocycles. The number of anilines is 1. The molecule has 0 saturated carbocycles. The molecule has 1 aromatic heterocycles. The molecule has 1 aliphatic heterocycles. The molecule has 4 nitrogen and oxygen atoms in total. The molecule has 0 amide bonds. The van der Waals surface area contributed by atoms with Gasteiger partial charge in [0.15, 0.2) is 0 Å². The normalized spacial score (nSPS) is 21.2. The lowest BCUT2D eigenvalue weighted by molar-refractivity contribution is -0.0503. The van der Waals surface area contributed by atoms with Crippen molar-refractivity contribution in [3.05, 3.63) is 5.01 Å². The van der Waals surface area contributed by atoms with Crippen molar-refractivity contribution in [1.29, 1.82) is 0 Å². The van der Waals surface area contributed by atoms with Gasteiger partial charge in [-0.2, -0.15) is 0 Å². The van der Waals surface area contributed by atoms with Crippen LogP contribution in [-0.4, -0.2) is 23.4 Å². The molecular weight excluding hydrogens is 162 g/mol. The standard InChI is InChI=1S/C6H9N3OS/c1-6(2-10-3-6)4-8-9-5(7)11-4/h2-3H2,1H3,(H2,7,9). The van der Waals surface area contributed by atoms with Crippen molar-refractivity contribution in [2.45, 2.75) is 12.3 Å². The zero-order chi connectivity index (χ0) is 7.90. The Morgan fingerprint density at radius 3 is 2.64 bits per heavy atom. The number of rotatable bonds is 1. The Kier molecular flexibility index (Phi) is 1.37. The number of nitrogens with zero attached hydrogens (tertiary/aromatic N) is 2. The molecule has 1 aromatic rings. The molecule has 0 aromatic carbocycles. The highest BCUT2D eigenvalue weighted by molar-refractivity contribution is 7.15. The van der Waals surface area contributed by atoms with Gasteiger partial charge in [-0.3, -0.25) is 0 Å². The van der Waals surface area contributed by atoms with E-state index in [2.05, 4.69) is 17.1 Å². The van der Waals surface area contributed by atoms with Crippen LogP contribution in [0, 0.1) is 0 Å². The largest absolute Gasteiger partial charge is 0.379 e. The number of hydrogen-bond acceptors (Lipinski definition) is 5. The van der Waals surface area contributed by atoms with E-state index >= 15 is 0 Å². The SMILES string of the molecule is CC1(c2nnc(N)s2)COC1. The quantitative estimate of drug-likeness (QED) is 0.664. The molecule has 1 aliphatic rings. The summed E-state index contributed by atoms with van der Waals surface area (Å²) in [5.41, 5.74) is 5.54. The lowest BCUT2D eigenvalue weighted by Crippen LogP contribution is -2.43. The molecule has 0 radical (unpaired) electrons. The maximum absolute atomic E-state index is 5.46. The fraction of sp³-hybridized carbons (Fsp3) is 0.667. The molecule has 2 rings (SSSR count). The van der Waals surface area contributed by atoms with Crippen molar-refractivity contribution in [3.8, 4) is 0 Å². The van der Waals surface area contributed by atoms with E-state index in [9.17, 15) is 0 Å². The van der Waals surface area contributed by atoms with Crippen LogP contribution in [0.1, 0.15) is 11.9 Å². The highest BCUT2D eigenvalue weighted by Gasteiger charge is 2.38. The molecular formula is C6H9N3OS. The van der Waals surface area contributed by atoms with Gasteiger partial charge in [0, 0.05) is 0 Å². The van der Waals surface area contributed by atoms with Gasteiger partial charge in [-0.05, 0) is 6.92 Å². The summed E-state index contributed by atoms with van der Waals surface area (Å²) < 4.78 is 5.10. The number of nitrogen functional groups attached to an aromatic ring is 1. The van der Waals surface area contributed by atoms with E-state index in [1.807, 2.05) is 0 Å². The Labute approximate surface area is 68.4 Å². The van der Waals surface area contributed by atoms with E-state index in [-0.39, 0.29) is 5.41 Å². The summed E-state index contributed by atoms with van der Waals surface area (Å²) in [5, 5.41) is 9.25. The Bertz CT molecular complexity index is 269. The molecule has 0 aliphatic carbocycles. The van der Waals surface area contributed by atoms with Gasteiger partial charge in [-0.25, -0.2) is 0 Å². The first kappa shape index (κ1) is 7.00. The summed E-state index contributed by atoms with van der Waals surface area (Å²) in [7, 11) is 0. The molecule has 0 atom stereocenters. The highest BCUT2D eigenvalue weighted by atomic mass is 32.1. The van der Waals surface area contributed by atoms with Crippen molar-refractivity contribution in [2.24, 2.45) is 0 Å². The second kappa shape index (κ2) is 2.15. The molecule has 0 bridgehead atoms. The zero-order valence-electron chi connectivity index (χ0n) is 6.20. The predicted molar refractivity (Wildman–Crippen MR) is 42.5 cm³/mol. The van der Waals surface area contributed by atoms with Crippen LogP contribution in [0.3, 0.4) is 0 Å². The first-order valence-electron chi connectivity index (χ1n) is 3.38. The fourth-order valence-electron chi connectivity index (χ4n) is 1.01. The van der Waals surface area contributed by atoms with Crippen LogP contribution in [0.15, 0.2) is 0 Å². The zero-order valence-corrected chi connectivity index (χ0v) is 7.02. The Morgan fingerprint density at radius 2 is 2.27 bits per heavy atom. The first-order chi connectivity index (χ1) is 5.21. The van der Waals surface area contributed by atoms with E-state index in [0.29, 0.717) is 5.13 Å². The minimum absolute atomic E-state index is 0.0787. The molecule has 5 heteroatoms. The first-order valence-corrected chi connectivity index (χ1v) is 4.20. The summed E-state index contributed by atoms with van der Waals surface area (Å²) in [6, 6.07) is 0. The topological polar surface area (TPSA) is 61.0 Å². The third-order valence-corrected chi connectivity index (χ3v) is 2.86. The number of aromatic nitrogens is 2. The summed E-state index contributed by atoms with van der Waals surface area (Å²) in [6.07, 6.45) is 0. The summed E-state index contributed by atoms with van der Waals surface area (Å²) in [5.74, 6) is 0. The Balaban J connectivity index is 2.28. The van der Waals surface area contributed by atoms with Crippen LogP contribution < -0.4 is 5.73 Å². The molecule has 1 saturated heterocycles. The van der Waals surface area contributed by atoms with Crippen molar-refractivity contribution >= 4 is 16.5 Å². The van der Waals surface area contributed by atoms with Crippen LogP contribution in [-0.2, 0) is 10.2 Å². The average Bonchev–Trinajstić information content (AvgIpc) is 2.31. The van der Waals surface area contributed by atoms with Crippen LogP contribution in [0.4, 0.5) is 5.13 Å². The van der Waals surface area contributed by atoms with E-state index in [1.54, 1.807) is 0 Å². The van der Waals surface area contributed by atoms with Crippen LogP contribution in [0.2, 0.25) is 0 Å². The smallest absolute Gasteiger partial charge is 0.203 e. The summed E-state index contributed by atoms with van der Waals surface area (Å²) in [4.78, 5) is 0. The maximum atomic E-state index is 5.46. The third-order valence-electron chi connectivity index (χ3n) is 1.80. The van der Waals surface area contributed by atoms with Crippen molar-refractivity contribution < 1.29 is 4.74 Å². The summed E-state index contributed by atoms with van der Waals surface area (Å²) >= 11 is 1.45. The highest BCUT2D eigenvalue weighted by Crippen LogP contribution is 2.33. The average molecular weight is 171 g/mol. The maximum Gasteiger partial charge on any atom is 0.203 e.